The zero-order valence-electron chi connectivity index (χ0n) is 14.1. The molecule has 25 heavy (non-hydrogen) atoms. The van der Waals surface area contributed by atoms with Crippen LogP contribution in [0.5, 0.6) is 0 Å². The molecule has 0 amide bonds. The Morgan fingerprint density at radius 1 is 1.08 bits per heavy atom. The van der Waals surface area contributed by atoms with Crippen LogP contribution in [0.4, 0.5) is 0 Å². The van der Waals surface area contributed by atoms with E-state index in [1.165, 1.54) is 0 Å². The molecule has 1 N–H and O–H groups in total. The quantitative estimate of drug-likeness (QED) is 0.736. The second-order valence-corrected chi connectivity index (χ2v) is 7.50. The van der Waals surface area contributed by atoms with Gasteiger partial charge in [0.25, 0.3) is 0 Å². The third-order valence-corrected chi connectivity index (χ3v) is 5.62. The molecule has 0 bridgehead atoms. The zero-order valence-corrected chi connectivity index (χ0v) is 15.0. The number of fused-ring (bicyclic) bond motifs is 1. The molecule has 3 rings (SSSR count). The van der Waals surface area contributed by atoms with Gasteiger partial charge in [0.15, 0.2) is 0 Å². The molecule has 6 heteroatoms. The first-order chi connectivity index (χ1) is 12.0. The van der Waals surface area contributed by atoms with Crippen molar-refractivity contribution >= 4 is 20.9 Å². The number of aromatic nitrogens is 1. The number of hydrogen-bond acceptors (Lipinski definition) is 4. The maximum absolute atomic E-state index is 12.8. The number of aryl methyl sites for hydroxylation is 1. The lowest BCUT2D eigenvalue weighted by molar-refractivity contribution is 0.107. The van der Waals surface area contributed by atoms with Crippen LogP contribution < -0.4 is 4.72 Å². The van der Waals surface area contributed by atoms with Crippen LogP contribution in [0.25, 0.3) is 10.9 Å². The second-order valence-electron chi connectivity index (χ2n) is 5.76. The summed E-state index contributed by atoms with van der Waals surface area (Å²) in [5, 5.41) is 0.785. The summed E-state index contributed by atoms with van der Waals surface area (Å²) in [5.74, 6) is 0. The van der Waals surface area contributed by atoms with Crippen molar-refractivity contribution in [2.75, 3.05) is 13.7 Å². The van der Waals surface area contributed by atoms with Crippen LogP contribution in [0.3, 0.4) is 0 Å². The molecule has 5 nitrogen and oxygen atoms in total. The molecule has 1 aromatic heterocycles. The Morgan fingerprint density at radius 3 is 2.60 bits per heavy atom. The SMILES string of the molecule is COC(CNS(=O)(=O)c1cccc2cccnc12)c1ccccc1C. The third-order valence-electron chi connectivity index (χ3n) is 4.16. The highest BCUT2D eigenvalue weighted by Crippen LogP contribution is 2.23. The Hall–Kier alpha value is -2.28. The van der Waals surface area contributed by atoms with Gasteiger partial charge in [0.1, 0.15) is 4.90 Å². The fourth-order valence-electron chi connectivity index (χ4n) is 2.82. The van der Waals surface area contributed by atoms with E-state index in [2.05, 4.69) is 9.71 Å². The lowest BCUT2D eigenvalue weighted by atomic mass is 10.0. The predicted octanol–water partition coefficient (Wildman–Crippen LogP) is 3.21. The highest BCUT2D eigenvalue weighted by Gasteiger charge is 2.21. The first kappa shape index (κ1) is 17.5. The summed E-state index contributed by atoms with van der Waals surface area (Å²) in [6, 6.07) is 16.5. The molecule has 0 aliphatic rings. The summed E-state index contributed by atoms with van der Waals surface area (Å²) in [7, 11) is -2.13. The van der Waals surface area contributed by atoms with Gasteiger partial charge in [-0.2, -0.15) is 0 Å². The summed E-state index contributed by atoms with van der Waals surface area (Å²) >= 11 is 0. The summed E-state index contributed by atoms with van der Waals surface area (Å²) in [6.07, 6.45) is 1.23. The van der Waals surface area contributed by atoms with E-state index in [-0.39, 0.29) is 17.5 Å². The van der Waals surface area contributed by atoms with Gasteiger partial charge in [-0.25, -0.2) is 13.1 Å². The molecule has 1 atom stereocenters. The Kier molecular flexibility index (Phi) is 5.13. The molecule has 1 heterocycles. The van der Waals surface area contributed by atoms with Gasteiger partial charge in [-0.05, 0) is 30.2 Å². The minimum absolute atomic E-state index is 0.146. The van der Waals surface area contributed by atoms with Gasteiger partial charge in [0.2, 0.25) is 10.0 Å². The topological polar surface area (TPSA) is 68.3 Å². The summed E-state index contributed by atoms with van der Waals surface area (Å²) in [5.41, 5.74) is 2.48. The molecule has 0 spiro atoms. The number of hydrogen-bond donors (Lipinski definition) is 1. The van der Waals surface area contributed by atoms with Crippen molar-refractivity contribution in [1.82, 2.24) is 9.71 Å². The van der Waals surface area contributed by atoms with Crippen LogP contribution in [0.1, 0.15) is 17.2 Å². The molecule has 0 aliphatic carbocycles. The summed E-state index contributed by atoms with van der Waals surface area (Å²) in [4.78, 5) is 4.39. The fraction of sp³-hybridized carbons (Fsp3) is 0.211. The number of pyridine rings is 1. The van der Waals surface area contributed by atoms with Crippen molar-refractivity contribution in [3.63, 3.8) is 0 Å². The zero-order chi connectivity index (χ0) is 17.9. The van der Waals surface area contributed by atoms with Gasteiger partial charge in [-0.1, -0.05) is 42.5 Å². The smallest absolute Gasteiger partial charge is 0.242 e. The molecule has 0 saturated heterocycles. The number of sulfonamides is 1. The van der Waals surface area contributed by atoms with Gasteiger partial charge >= 0.3 is 0 Å². The monoisotopic (exact) mass is 356 g/mol. The van der Waals surface area contributed by atoms with Crippen molar-refractivity contribution in [1.29, 1.82) is 0 Å². The van der Waals surface area contributed by atoms with E-state index in [1.807, 2.05) is 43.3 Å². The molecule has 2 aromatic carbocycles. The highest BCUT2D eigenvalue weighted by atomic mass is 32.2. The van der Waals surface area contributed by atoms with Gasteiger partial charge in [-0.15, -0.1) is 0 Å². The number of para-hydroxylation sites is 1. The van der Waals surface area contributed by atoms with Crippen molar-refractivity contribution in [2.45, 2.75) is 17.9 Å². The normalized spacial score (nSPS) is 13.0. The Bertz CT molecular complexity index is 981. The van der Waals surface area contributed by atoms with Crippen molar-refractivity contribution in [2.24, 2.45) is 0 Å². The van der Waals surface area contributed by atoms with Crippen LogP contribution >= 0.6 is 0 Å². The second kappa shape index (κ2) is 7.31. The first-order valence-electron chi connectivity index (χ1n) is 7.94. The third kappa shape index (κ3) is 3.71. The Morgan fingerprint density at radius 2 is 1.84 bits per heavy atom. The van der Waals surface area contributed by atoms with E-state index >= 15 is 0 Å². The van der Waals surface area contributed by atoms with E-state index < -0.39 is 10.0 Å². The van der Waals surface area contributed by atoms with Gasteiger partial charge in [0, 0.05) is 25.2 Å². The minimum atomic E-state index is -3.71. The summed E-state index contributed by atoms with van der Waals surface area (Å²) in [6.45, 7) is 2.12. The van der Waals surface area contributed by atoms with E-state index in [9.17, 15) is 8.42 Å². The highest BCUT2D eigenvalue weighted by molar-refractivity contribution is 7.89. The van der Waals surface area contributed by atoms with E-state index in [0.29, 0.717) is 5.52 Å². The van der Waals surface area contributed by atoms with E-state index in [4.69, 9.17) is 4.74 Å². The number of nitrogens with zero attached hydrogens (tertiary/aromatic N) is 1. The maximum Gasteiger partial charge on any atom is 0.242 e. The Labute approximate surface area is 147 Å². The minimum Gasteiger partial charge on any atom is -0.375 e. The molecule has 3 aromatic rings. The lowest BCUT2D eigenvalue weighted by Gasteiger charge is -2.19. The van der Waals surface area contributed by atoms with Crippen LogP contribution in [0.15, 0.2) is 65.7 Å². The molecule has 1 unspecified atom stereocenters. The largest absolute Gasteiger partial charge is 0.375 e. The maximum atomic E-state index is 12.8. The van der Waals surface area contributed by atoms with Gasteiger partial charge in [-0.3, -0.25) is 4.98 Å². The van der Waals surface area contributed by atoms with Crippen molar-refractivity contribution in [3.8, 4) is 0 Å². The summed E-state index contributed by atoms with van der Waals surface area (Å²) < 4.78 is 33.7. The number of nitrogens with one attached hydrogen (secondary N) is 1. The molecular weight excluding hydrogens is 336 g/mol. The standard InChI is InChI=1S/C19H20N2O3S/c1-14-7-3-4-10-16(14)17(24-2)13-21-25(22,23)18-11-5-8-15-9-6-12-20-19(15)18/h3-12,17,21H,13H2,1-2H3. The lowest BCUT2D eigenvalue weighted by Crippen LogP contribution is -2.29. The van der Waals surface area contributed by atoms with E-state index in [1.54, 1.807) is 31.5 Å². The van der Waals surface area contributed by atoms with Crippen LogP contribution in [-0.4, -0.2) is 27.1 Å². The van der Waals surface area contributed by atoms with Crippen molar-refractivity contribution in [3.05, 3.63) is 71.9 Å². The number of ether oxygens (including phenoxy) is 1. The average molecular weight is 356 g/mol. The van der Waals surface area contributed by atoms with Gasteiger partial charge < -0.3 is 4.74 Å². The molecule has 130 valence electrons. The van der Waals surface area contributed by atoms with E-state index in [0.717, 1.165) is 16.5 Å². The number of benzene rings is 2. The van der Waals surface area contributed by atoms with Crippen LogP contribution in [-0.2, 0) is 14.8 Å². The first-order valence-corrected chi connectivity index (χ1v) is 9.43. The molecule has 0 saturated carbocycles. The van der Waals surface area contributed by atoms with Crippen LogP contribution in [0.2, 0.25) is 0 Å². The number of rotatable bonds is 6. The Balaban J connectivity index is 1.87. The molecular formula is C19H20N2O3S. The molecule has 0 radical (unpaired) electrons. The predicted molar refractivity (Wildman–Crippen MR) is 97.9 cm³/mol. The fourth-order valence-corrected chi connectivity index (χ4v) is 4.03. The van der Waals surface area contributed by atoms with Crippen LogP contribution in [0, 0.1) is 6.92 Å². The molecule has 0 fully saturated rings. The van der Waals surface area contributed by atoms with Gasteiger partial charge in [0.05, 0.1) is 11.6 Å². The number of methoxy groups -OCH3 is 1. The molecule has 0 aliphatic heterocycles. The average Bonchev–Trinajstić information content (AvgIpc) is 2.63. The van der Waals surface area contributed by atoms with Crippen molar-refractivity contribution < 1.29 is 13.2 Å².